The molecule has 0 aromatic heterocycles. The maximum Gasteiger partial charge on any atom is 0.433 e. The van der Waals surface area contributed by atoms with Crippen LogP contribution in [0.5, 0.6) is 0 Å². The normalized spacial score (nSPS) is 11.7. The zero-order valence-corrected chi connectivity index (χ0v) is 12.6. The van der Waals surface area contributed by atoms with Crippen molar-refractivity contribution in [2.24, 2.45) is 0 Å². The Kier molecular flexibility index (Phi) is 6.56. The predicted molar refractivity (Wildman–Crippen MR) is 84.4 cm³/mol. The van der Waals surface area contributed by atoms with Crippen molar-refractivity contribution in [3.05, 3.63) is 54.3 Å². The second-order valence-corrected chi connectivity index (χ2v) is 4.90. The summed E-state index contributed by atoms with van der Waals surface area (Å²) in [5.74, 6) is -0.961. The van der Waals surface area contributed by atoms with Gasteiger partial charge in [-0.15, -0.1) is 6.58 Å². The van der Waals surface area contributed by atoms with E-state index in [2.05, 4.69) is 17.2 Å². The summed E-state index contributed by atoms with van der Waals surface area (Å²) >= 11 is 0. The van der Waals surface area contributed by atoms with Crippen molar-refractivity contribution in [2.45, 2.75) is 19.5 Å². The lowest BCUT2D eigenvalue weighted by atomic mass is 10.1. The zero-order chi connectivity index (χ0) is 17.5. The van der Waals surface area contributed by atoms with Crippen molar-refractivity contribution in [1.82, 2.24) is 5.32 Å². The van der Waals surface area contributed by atoms with Crippen molar-refractivity contribution in [2.75, 3.05) is 11.9 Å². The number of hydrogen-bond acceptors (Lipinski definition) is 3. The molecule has 0 saturated carbocycles. The minimum Gasteiger partial charge on any atom is -0.361 e. The first kappa shape index (κ1) is 18.5. The first-order chi connectivity index (χ1) is 10.7. The minimum atomic E-state index is -4.91. The quantitative estimate of drug-likeness (QED) is 0.407. The van der Waals surface area contributed by atoms with Crippen LogP contribution in [0, 0.1) is 5.41 Å². The Balaban J connectivity index is 2.90. The van der Waals surface area contributed by atoms with E-state index in [9.17, 15) is 18.0 Å². The van der Waals surface area contributed by atoms with Gasteiger partial charge in [-0.2, -0.15) is 13.2 Å². The summed E-state index contributed by atoms with van der Waals surface area (Å²) < 4.78 is 38.2. The van der Waals surface area contributed by atoms with Crippen molar-refractivity contribution >= 4 is 17.3 Å². The van der Waals surface area contributed by atoms with E-state index in [1.54, 1.807) is 37.3 Å². The van der Waals surface area contributed by atoms with Crippen LogP contribution in [0.4, 0.5) is 18.9 Å². The number of carbonyl (C=O) groups excluding carboxylic acids is 1. The van der Waals surface area contributed by atoms with Gasteiger partial charge in [-0.1, -0.05) is 23.8 Å². The molecule has 1 rings (SSSR count). The van der Waals surface area contributed by atoms with Crippen LogP contribution in [-0.4, -0.2) is 24.3 Å². The van der Waals surface area contributed by atoms with Gasteiger partial charge in [0.15, 0.2) is 0 Å². The molecule has 4 nitrogen and oxygen atoms in total. The van der Waals surface area contributed by atoms with Gasteiger partial charge in [0.2, 0.25) is 0 Å². The molecule has 0 bridgehead atoms. The largest absolute Gasteiger partial charge is 0.433 e. The molecule has 0 aliphatic heterocycles. The van der Waals surface area contributed by atoms with Crippen LogP contribution in [-0.2, 0) is 4.79 Å². The van der Waals surface area contributed by atoms with Crippen LogP contribution in [0.1, 0.15) is 13.3 Å². The molecule has 3 N–H and O–H groups in total. The second kappa shape index (κ2) is 8.17. The number of alkyl halides is 3. The number of amides is 1. The molecule has 0 saturated heterocycles. The molecule has 0 heterocycles. The molecule has 0 fully saturated rings. The molecule has 0 unspecified atom stereocenters. The number of hydrogen-bond donors (Lipinski definition) is 3. The standard InChI is InChI=1S/C16H18F3N3O/c1-11(2)8-9-21-15(23)13(14(20)16(17,18)19)10-22-12-6-4-3-5-7-12/h3-7,10,20,22H,1,8-9H2,2H3,(H,21,23)/b13-10+,20-14?. The number of carbonyl (C=O) groups is 1. The number of anilines is 1. The van der Waals surface area contributed by atoms with E-state index >= 15 is 0 Å². The summed E-state index contributed by atoms with van der Waals surface area (Å²) in [6, 6.07) is 8.39. The third-order valence-electron chi connectivity index (χ3n) is 2.79. The van der Waals surface area contributed by atoms with Crippen LogP contribution < -0.4 is 10.6 Å². The van der Waals surface area contributed by atoms with Gasteiger partial charge in [-0.25, -0.2) is 0 Å². The molecular weight excluding hydrogens is 307 g/mol. The summed E-state index contributed by atoms with van der Waals surface area (Å²) in [5, 5.41) is 12.2. The number of nitrogens with one attached hydrogen (secondary N) is 3. The Morgan fingerprint density at radius 1 is 1.30 bits per heavy atom. The Labute approximate surface area is 132 Å². The van der Waals surface area contributed by atoms with E-state index in [-0.39, 0.29) is 6.54 Å². The van der Waals surface area contributed by atoms with Gasteiger partial charge in [0.1, 0.15) is 5.71 Å². The Morgan fingerprint density at radius 2 is 1.91 bits per heavy atom. The zero-order valence-electron chi connectivity index (χ0n) is 12.6. The molecule has 1 amide bonds. The number of benzene rings is 1. The van der Waals surface area contributed by atoms with Gasteiger partial charge < -0.3 is 10.6 Å². The monoisotopic (exact) mass is 325 g/mol. The highest BCUT2D eigenvalue weighted by molar-refractivity contribution is 6.22. The molecule has 0 atom stereocenters. The van der Waals surface area contributed by atoms with Crippen molar-refractivity contribution in [1.29, 1.82) is 5.41 Å². The first-order valence-corrected chi connectivity index (χ1v) is 6.82. The van der Waals surface area contributed by atoms with Crippen LogP contribution in [0.2, 0.25) is 0 Å². The summed E-state index contributed by atoms with van der Waals surface area (Å²) in [5.41, 5.74) is -1.17. The number of para-hydroxylation sites is 1. The fourth-order valence-electron chi connectivity index (χ4n) is 1.58. The average molecular weight is 325 g/mol. The molecule has 7 heteroatoms. The Morgan fingerprint density at radius 3 is 2.43 bits per heavy atom. The summed E-state index contributed by atoms with van der Waals surface area (Å²) in [7, 11) is 0. The highest BCUT2D eigenvalue weighted by atomic mass is 19.4. The summed E-state index contributed by atoms with van der Waals surface area (Å²) in [6.07, 6.45) is -3.57. The Bertz CT molecular complexity index is 607. The molecular formula is C16H18F3N3O. The van der Waals surface area contributed by atoms with Crippen LogP contribution in [0.3, 0.4) is 0 Å². The maximum absolute atomic E-state index is 12.7. The predicted octanol–water partition coefficient (Wildman–Crippen LogP) is 3.65. The van der Waals surface area contributed by atoms with Gasteiger partial charge in [0, 0.05) is 18.4 Å². The maximum atomic E-state index is 12.7. The molecule has 0 radical (unpaired) electrons. The van der Waals surface area contributed by atoms with Crippen LogP contribution in [0.25, 0.3) is 0 Å². The number of rotatable bonds is 7. The lowest BCUT2D eigenvalue weighted by Crippen LogP contribution is -2.35. The molecule has 0 aliphatic rings. The molecule has 0 spiro atoms. The summed E-state index contributed by atoms with van der Waals surface area (Å²) in [4.78, 5) is 11.9. The third kappa shape index (κ3) is 6.37. The topological polar surface area (TPSA) is 65.0 Å². The van der Waals surface area contributed by atoms with Crippen molar-refractivity contribution in [3.8, 4) is 0 Å². The van der Waals surface area contributed by atoms with Crippen molar-refractivity contribution < 1.29 is 18.0 Å². The smallest absolute Gasteiger partial charge is 0.361 e. The first-order valence-electron chi connectivity index (χ1n) is 6.82. The van der Waals surface area contributed by atoms with E-state index in [0.717, 1.165) is 11.8 Å². The van der Waals surface area contributed by atoms with Gasteiger partial charge in [-0.05, 0) is 25.5 Å². The fourth-order valence-corrected chi connectivity index (χ4v) is 1.58. The average Bonchev–Trinajstić information content (AvgIpc) is 2.47. The fraction of sp³-hybridized carbons (Fsp3) is 0.250. The lowest BCUT2D eigenvalue weighted by molar-refractivity contribution is -0.117. The minimum absolute atomic E-state index is 0.155. The van der Waals surface area contributed by atoms with E-state index in [1.165, 1.54) is 0 Å². The highest BCUT2D eigenvalue weighted by Gasteiger charge is 2.39. The van der Waals surface area contributed by atoms with E-state index in [1.807, 2.05) is 0 Å². The third-order valence-corrected chi connectivity index (χ3v) is 2.79. The SMILES string of the molecule is C=C(C)CCNC(=O)/C(=C/Nc1ccccc1)C(=N)C(F)(F)F. The van der Waals surface area contributed by atoms with Gasteiger partial charge in [0.05, 0.1) is 5.57 Å². The van der Waals surface area contributed by atoms with E-state index in [0.29, 0.717) is 12.1 Å². The number of halogens is 3. The van der Waals surface area contributed by atoms with Crippen LogP contribution >= 0.6 is 0 Å². The van der Waals surface area contributed by atoms with E-state index in [4.69, 9.17) is 5.41 Å². The van der Waals surface area contributed by atoms with Gasteiger partial charge >= 0.3 is 6.18 Å². The molecule has 1 aromatic carbocycles. The molecule has 1 aromatic rings. The lowest BCUT2D eigenvalue weighted by Gasteiger charge is -2.13. The summed E-state index contributed by atoms with van der Waals surface area (Å²) in [6.45, 7) is 5.55. The molecule has 124 valence electrons. The second-order valence-electron chi connectivity index (χ2n) is 4.90. The van der Waals surface area contributed by atoms with E-state index < -0.39 is 23.4 Å². The molecule has 0 aliphatic carbocycles. The van der Waals surface area contributed by atoms with Crippen molar-refractivity contribution in [3.63, 3.8) is 0 Å². The molecule has 23 heavy (non-hydrogen) atoms. The Hall–Kier alpha value is -2.57. The van der Waals surface area contributed by atoms with Crippen LogP contribution in [0.15, 0.2) is 54.3 Å². The van der Waals surface area contributed by atoms with Gasteiger partial charge in [0.25, 0.3) is 5.91 Å². The van der Waals surface area contributed by atoms with Gasteiger partial charge in [-0.3, -0.25) is 10.2 Å². The highest BCUT2D eigenvalue weighted by Crippen LogP contribution is 2.21.